The number of H-pyrrole nitrogens is 1. The van der Waals surface area contributed by atoms with Gasteiger partial charge in [-0.25, -0.2) is 0 Å². The Labute approximate surface area is 85.1 Å². The lowest BCUT2D eigenvalue weighted by Crippen LogP contribution is -2.19. The van der Waals surface area contributed by atoms with Gasteiger partial charge in [-0.3, -0.25) is 14.6 Å². The van der Waals surface area contributed by atoms with Crippen molar-refractivity contribution in [3.63, 3.8) is 0 Å². The highest BCUT2D eigenvalue weighted by atomic mass is 16.1. The fraction of sp³-hybridized carbons (Fsp3) is 0.727. The highest BCUT2D eigenvalue weighted by Crippen LogP contribution is 2.18. The van der Waals surface area contributed by atoms with E-state index in [0.717, 1.165) is 12.2 Å². The van der Waals surface area contributed by atoms with Crippen LogP contribution in [0.1, 0.15) is 40.3 Å². The van der Waals surface area contributed by atoms with Crippen molar-refractivity contribution < 1.29 is 0 Å². The molecule has 3 heteroatoms. The highest BCUT2D eigenvalue weighted by molar-refractivity contribution is 5.10. The lowest BCUT2D eigenvalue weighted by molar-refractivity contribution is 0.457. The number of rotatable bonds is 2. The third-order valence-corrected chi connectivity index (χ3v) is 2.14. The van der Waals surface area contributed by atoms with E-state index in [1.54, 1.807) is 10.7 Å². The smallest absolute Gasteiger partial charge is 0.266 e. The van der Waals surface area contributed by atoms with Gasteiger partial charge in [-0.1, -0.05) is 34.6 Å². The second-order valence-corrected chi connectivity index (χ2v) is 5.26. The quantitative estimate of drug-likeness (QED) is 0.773. The Bertz CT molecular complexity index is 352. The second kappa shape index (κ2) is 3.64. The van der Waals surface area contributed by atoms with Crippen LogP contribution in [-0.2, 0) is 12.0 Å². The minimum atomic E-state index is 0.0153. The molecule has 0 aliphatic heterocycles. The standard InChI is InChI=1S/C11H20N2O/c1-8(2)7-13-10(14)6-9(12-13)11(3,4)5/h6,8,12H,7H2,1-5H3. The number of aromatic nitrogens is 2. The highest BCUT2D eigenvalue weighted by Gasteiger charge is 2.17. The fourth-order valence-corrected chi connectivity index (χ4v) is 1.32. The van der Waals surface area contributed by atoms with Crippen LogP contribution in [0, 0.1) is 5.92 Å². The molecule has 1 rings (SSSR count). The predicted octanol–water partition coefficient (Wildman–Crippen LogP) is 2.13. The summed E-state index contributed by atoms with van der Waals surface area (Å²) < 4.78 is 1.69. The molecule has 0 atom stereocenters. The molecular weight excluding hydrogens is 176 g/mol. The van der Waals surface area contributed by atoms with Crippen molar-refractivity contribution in [3.05, 3.63) is 22.1 Å². The summed E-state index contributed by atoms with van der Waals surface area (Å²) in [5.41, 5.74) is 1.09. The van der Waals surface area contributed by atoms with E-state index in [1.165, 1.54) is 0 Å². The summed E-state index contributed by atoms with van der Waals surface area (Å²) in [6.45, 7) is 11.2. The Kier molecular flexibility index (Phi) is 2.88. The minimum Gasteiger partial charge on any atom is -0.299 e. The molecule has 0 radical (unpaired) electrons. The lowest BCUT2D eigenvalue weighted by Gasteiger charge is -2.15. The van der Waals surface area contributed by atoms with Crippen LogP contribution in [0.2, 0.25) is 0 Å². The summed E-state index contributed by atoms with van der Waals surface area (Å²) in [4.78, 5) is 11.6. The van der Waals surface area contributed by atoms with Crippen LogP contribution < -0.4 is 5.56 Å². The summed E-state index contributed by atoms with van der Waals surface area (Å²) in [6, 6.07) is 1.70. The molecule has 0 fully saturated rings. The first-order valence-corrected chi connectivity index (χ1v) is 5.11. The van der Waals surface area contributed by atoms with Crippen molar-refractivity contribution >= 4 is 0 Å². The Morgan fingerprint density at radius 3 is 2.36 bits per heavy atom. The van der Waals surface area contributed by atoms with Gasteiger partial charge in [0.05, 0.1) is 0 Å². The molecule has 14 heavy (non-hydrogen) atoms. The van der Waals surface area contributed by atoms with Gasteiger partial charge in [0, 0.05) is 23.7 Å². The lowest BCUT2D eigenvalue weighted by atomic mass is 9.93. The van der Waals surface area contributed by atoms with Gasteiger partial charge in [0.1, 0.15) is 0 Å². The Hall–Kier alpha value is -0.990. The molecule has 1 aromatic rings. The topological polar surface area (TPSA) is 37.8 Å². The van der Waals surface area contributed by atoms with Crippen LogP contribution in [0.4, 0.5) is 0 Å². The van der Waals surface area contributed by atoms with E-state index < -0.39 is 0 Å². The summed E-state index contributed by atoms with van der Waals surface area (Å²) in [7, 11) is 0. The van der Waals surface area contributed by atoms with Gasteiger partial charge < -0.3 is 0 Å². The van der Waals surface area contributed by atoms with Gasteiger partial charge in [-0.15, -0.1) is 0 Å². The number of nitrogens with one attached hydrogen (secondary N) is 1. The number of hydrogen-bond acceptors (Lipinski definition) is 1. The zero-order valence-corrected chi connectivity index (χ0v) is 9.72. The summed E-state index contributed by atoms with van der Waals surface area (Å²) in [5, 5.41) is 3.16. The van der Waals surface area contributed by atoms with Crippen LogP contribution in [0.3, 0.4) is 0 Å². The molecule has 0 aliphatic rings. The number of aromatic amines is 1. The molecule has 0 amide bonds. The minimum absolute atomic E-state index is 0.0153. The molecule has 1 heterocycles. The Morgan fingerprint density at radius 2 is 2.00 bits per heavy atom. The van der Waals surface area contributed by atoms with E-state index >= 15 is 0 Å². The van der Waals surface area contributed by atoms with Crippen molar-refractivity contribution in [2.24, 2.45) is 5.92 Å². The van der Waals surface area contributed by atoms with E-state index in [0.29, 0.717) is 5.92 Å². The van der Waals surface area contributed by atoms with Gasteiger partial charge in [0.15, 0.2) is 0 Å². The largest absolute Gasteiger partial charge is 0.299 e. The molecule has 0 unspecified atom stereocenters. The Balaban J connectivity index is 3.00. The molecule has 0 aliphatic carbocycles. The molecule has 0 saturated carbocycles. The Morgan fingerprint density at radius 1 is 1.43 bits per heavy atom. The summed E-state index contributed by atoms with van der Waals surface area (Å²) >= 11 is 0. The SMILES string of the molecule is CC(C)Cn1[nH]c(C(C)(C)C)cc1=O. The average molecular weight is 196 g/mol. The van der Waals surface area contributed by atoms with E-state index in [-0.39, 0.29) is 11.0 Å². The van der Waals surface area contributed by atoms with Gasteiger partial charge in [-0.05, 0) is 5.92 Å². The van der Waals surface area contributed by atoms with Crippen molar-refractivity contribution in [1.82, 2.24) is 9.78 Å². The van der Waals surface area contributed by atoms with Gasteiger partial charge in [-0.2, -0.15) is 0 Å². The molecular formula is C11H20N2O. The fourth-order valence-electron chi connectivity index (χ4n) is 1.32. The van der Waals surface area contributed by atoms with Crippen molar-refractivity contribution in [3.8, 4) is 0 Å². The van der Waals surface area contributed by atoms with E-state index in [2.05, 4.69) is 39.7 Å². The first-order valence-electron chi connectivity index (χ1n) is 5.11. The molecule has 0 bridgehead atoms. The van der Waals surface area contributed by atoms with E-state index in [4.69, 9.17) is 0 Å². The van der Waals surface area contributed by atoms with Gasteiger partial charge in [0.2, 0.25) is 0 Å². The molecule has 1 N–H and O–H groups in total. The zero-order chi connectivity index (χ0) is 10.9. The first-order chi connectivity index (χ1) is 6.30. The first kappa shape index (κ1) is 11.1. The summed E-state index contributed by atoms with van der Waals surface area (Å²) in [6.07, 6.45) is 0. The molecule has 80 valence electrons. The third-order valence-electron chi connectivity index (χ3n) is 2.14. The monoisotopic (exact) mass is 196 g/mol. The molecule has 3 nitrogen and oxygen atoms in total. The van der Waals surface area contributed by atoms with Crippen LogP contribution in [0.25, 0.3) is 0 Å². The number of hydrogen-bond donors (Lipinski definition) is 1. The maximum atomic E-state index is 11.6. The normalized spacial score (nSPS) is 12.4. The van der Waals surface area contributed by atoms with Crippen molar-refractivity contribution in [2.75, 3.05) is 0 Å². The molecule has 0 saturated heterocycles. The summed E-state index contributed by atoms with van der Waals surface area (Å²) in [5.74, 6) is 0.485. The van der Waals surface area contributed by atoms with Crippen LogP contribution in [0.5, 0.6) is 0 Å². The molecule has 0 aromatic carbocycles. The second-order valence-electron chi connectivity index (χ2n) is 5.26. The van der Waals surface area contributed by atoms with Crippen molar-refractivity contribution in [2.45, 2.75) is 46.6 Å². The predicted molar refractivity (Wildman–Crippen MR) is 58.6 cm³/mol. The van der Waals surface area contributed by atoms with Crippen LogP contribution >= 0.6 is 0 Å². The average Bonchev–Trinajstić information content (AvgIpc) is 2.30. The van der Waals surface area contributed by atoms with Gasteiger partial charge in [0.25, 0.3) is 5.56 Å². The maximum absolute atomic E-state index is 11.6. The molecule has 1 aromatic heterocycles. The zero-order valence-electron chi connectivity index (χ0n) is 9.72. The van der Waals surface area contributed by atoms with E-state index in [1.807, 2.05) is 0 Å². The maximum Gasteiger partial charge on any atom is 0.266 e. The van der Waals surface area contributed by atoms with E-state index in [9.17, 15) is 4.79 Å². The molecule has 0 spiro atoms. The van der Waals surface area contributed by atoms with Gasteiger partial charge >= 0.3 is 0 Å². The van der Waals surface area contributed by atoms with Crippen molar-refractivity contribution in [1.29, 1.82) is 0 Å². The van der Waals surface area contributed by atoms with Crippen LogP contribution in [-0.4, -0.2) is 9.78 Å². The number of nitrogens with zero attached hydrogens (tertiary/aromatic N) is 1. The third kappa shape index (κ3) is 2.50. The van der Waals surface area contributed by atoms with Crippen LogP contribution in [0.15, 0.2) is 10.9 Å².